The van der Waals surface area contributed by atoms with Crippen LogP contribution in [0.25, 0.3) is 10.3 Å². The zero-order valence-corrected chi connectivity index (χ0v) is 11.2. The standard InChI is InChI=1S/C11H15N5OS/c1-6-8-9(16(2)15-6)14-11(18-8)13-7-4-3-5-12-10(7)17/h7H,3-5H2,1-2H3,(H,12,17)(H,13,14)/t7-/m1/s1. The first-order valence-electron chi connectivity index (χ1n) is 5.99. The van der Waals surface area contributed by atoms with E-state index in [0.717, 1.165) is 40.6 Å². The van der Waals surface area contributed by atoms with Gasteiger partial charge in [-0.1, -0.05) is 11.3 Å². The fourth-order valence-electron chi connectivity index (χ4n) is 2.21. The van der Waals surface area contributed by atoms with Crippen molar-refractivity contribution >= 4 is 32.7 Å². The molecule has 0 aliphatic carbocycles. The van der Waals surface area contributed by atoms with Gasteiger partial charge in [0.05, 0.1) is 10.4 Å². The van der Waals surface area contributed by atoms with Gasteiger partial charge in [-0.05, 0) is 19.8 Å². The van der Waals surface area contributed by atoms with Crippen molar-refractivity contribution in [2.24, 2.45) is 7.05 Å². The molecule has 1 aliphatic rings. The Labute approximate surface area is 108 Å². The Morgan fingerprint density at radius 3 is 3.11 bits per heavy atom. The summed E-state index contributed by atoms with van der Waals surface area (Å²) in [5, 5.41) is 11.2. The summed E-state index contributed by atoms with van der Waals surface area (Å²) in [5.41, 5.74) is 1.85. The Kier molecular flexibility index (Phi) is 2.70. The van der Waals surface area contributed by atoms with Gasteiger partial charge in [0.1, 0.15) is 6.04 Å². The van der Waals surface area contributed by atoms with Crippen LogP contribution in [0.5, 0.6) is 0 Å². The first-order valence-corrected chi connectivity index (χ1v) is 6.81. The molecular formula is C11H15N5OS. The average molecular weight is 265 g/mol. The Morgan fingerprint density at radius 2 is 2.39 bits per heavy atom. The smallest absolute Gasteiger partial charge is 0.242 e. The number of carbonyl (C=O) groups excluding carboxylic acids is 1. The number of fused-ring (bicyclic) bond motifs is 1. The molecule has 2 N–H and O–H groups in total. The zero-order valence-electron chi connectivity index (χ0n) is 10.4. The lowest BCUT2D eigenvalue weighted by atomic mass is 10.1. The summed E-state index contributed by atoms with van der Waals surface area (Å²) in [6.07, 6.45) is 1.87. The molecule has 7 heteroatoms. The van der Waals surface area contributed by atoms with Gasteiger partial charge < -0.3 is 10.6 Å². The van der Waals surface area contributed by atoms with Crippen LogP contribution in [0, 0.1) is 6.92 Å². The van der Waals surface area contributed by atoms with E-state index in [1.54, 1.807) is 16.0 Å². The van der Waals surface area contributed by atoms with Crippen LogP contribution < -0.4 is 10.6 Å². The van der Waals surface area contributed by atoms with Gasteiger partial charge in [0, 0.05) is 13.6 Å². The summed E-state index contributed by atoms with van der Waals surface area (Å²) in [6.45, 7) is 2.75. The van der Waals surface area contributed by atoms with Crippen LogP contribution in [0.1, 0.15) is 18.5 Å². The molecule has 0 aromatic carbocycles. The highest BCUT2D eigenvalue weighted by Gasteiger charge is 2.23. The summed E-state index contributed by atoms with van der Waals surface area (Å²) in [4.78, 5) is 16.2. The number of anilines is 1. The number of aromatic nitrogens is 3. The third kappa shape index (κ3) is 1.84. The number of thiazole rings is 1. The van der Waals surface area contributed by atoms with Crippen molar-refractivity contribution in [3.8, 4) is 0 Å². The number of nitrogens with zero attached hydrogens (tertiary/aromatic N) is 3. The highest BCUT2D eigenvalue weighted by atomic mass is 32.1. The second-order valence-electron chi connectivity index (χ2n) is 4.51. The third-order valence-corrected chi connectivity index (χ3v) is 4.21. The molecule has 1 saturated heterocycles. The van der Waals surface area contributed by atoms with E-state index in [4.69, 9.17) is 0 Å². The maximum atomic E-state index is 11.7. The molecule has 0 saturated carbocycles. The molecule has 1 atom stereocenters. The van der Waals surface area contributed by atoms with Crippen molar-refractivity contribution in [2.45, 2.75) is 25.8 Å². The maximum Gasteiger partial charge on any atom is 0.242 e. The second-order valence-corrected chi connectivity index (χ2v) is 5.51. The van der Waals surface area contributed by atoms with Crippen molar-refractivity contribution < 1.29 is 4.79 Å². The topological polar surface area (TPSA) is 71.8 Å². The number of hydrogen-bond acceptors (Lipinski definition) is 5. The van der Waals surface area contributed by atoms with Gasteiger partial charge >= 0.3 is 0 Å². The molecular weight excluding hydrogens is 250 g/mol. The molecule has 0 unspecified atom stereocenters. The normalized spacial score (nSPS) is 20.1. The minimum atomic E-state index is -0.160. The number of piperidine rings is 1. The minimum Gasteiger partial charge on any atom is -0.354 e. The molecule has 0 bridgehead atoms. The summed E-state index contributed by atoms with van der Waals surface area (Å²) >= 11 is 1.55. The molecule has 3 rings (SSSR count). The molecule has 6 nitrogen and oxygen atoms in total. The molecule has 2 aromatic rings. The predicted molar refractivity (Wildman–Crippen MR) is 70.8 cm³/mol. The number of hydrogen-bond donors (Lipinski definition) is 2. The second kappa shape index (κ2) is 4.24. The van der Waals surface area contributed by atoms with Crippen LogP contribution in [0.2, 0.25) is 0 Å². The molecule has 1 aliphatic heterocycles. The zero-order chi connectivity index (χ0) is 12.7. The molecule has 18 heavy (non-hydrogen) atoms. The van der Waals surface area contributed by atoms with Gasteiger partial charge in [0.15, 0.2) is 10.8 Å². The predicted octanol–water partition coefficient (Wildman–Crippen LogP) is 1.03. The largest absolute Gasteiger partial charge is 0.354 e. The Hall–Kier alpha value is -1.63. The number of rotatable bonds is 2. The quantitative estimate of drug-likeness (QED) is 0.850. The van der Waals surface area contributed by atoms with Gasteiger partial charge in [-0.15, -0.1) is 0 Å². The van der Waals surface area contributed by atoms with Crippen molar-refractivity contribution in [2.75, 3.05) is 11.9 Å². The van der Waals surface area contributed by atoms with Crippen molar-refractivity contribution in [1.82, 2.24) is 20.1 Å². The molecule has 3 heterocycles. The first kappa shape index (κ1) is 11.5. The van der Waals surface area contributed by atoms with E-state index >= 15 is 0 Å². The van der Waals surface area contributed by atoms with Crippen LogP contribution >= 0.6 is 11.3 Å². The highest BCUT2D eigenvalue weighted by molar-refractivity contribution is 7.22. The van der Waals surface area contributed by atoms with Gasteiger partial charge in [-0.25, -0.2) is 9.67 Å². The lowest BCUT2D eigenvalue weighted by Gasteiger charge is -2.22. The van der Waals surface area contributed by atoms with Crippen LogP contribution in [-0.4, -0.2) is 33.3 Å². The van der Waals surface area contributed by atoms with Crippen LogP contribution in [0.15, 0.2) is 0 Å². The lowest BCUT2D eigenvalue weighted by Crippen LogP contribution is -2.44. The Morgan fingerprint density at radius 1 is 1.56 bits per heavy atom. The van der Waals surface area contributed by atoms with Crippen LogP contribution in [-0.2, 0) is 11.8 Å². The molecule has 1 amide bonds. The van der Waals surface area contributed by atoms with E-state index in [0.29, 0.717) is 0 Å². The third-order valence-electron chi connectivity index (χ3n) is 3.13. The van der Waals surface area contributed by atoms with Gasteiger partial charge in [-0.3, -0.25) is 4.79 Å². The molecule has 0 spiro atoms. The van der Waals surface area contributed by atoms with Crippen LogP contribution in [0.3, 0.4) is 0 Å². The summed E-state index contributed by atoms with van der Waals surface area (Å²) in [6, 6.07) is -0.160. The van der Waals surface area contributed by atoms with Gasteiger partial charge in [0.2, 0.25) is 5.91 Å². The number of nitrogens with one attached hydrogen (secondary N) is 2. The molecule has 1 fully saturated rings. The number of carbonyl (C=O) groups is 1. The Balaban J connectivity index is 1.86. The summed E-state index contributed by atoms with van der Waals surface area (Å²) < 4.78 is 2.85. The number of amides is 1. The van der Waals surface area contributed by atoms with E-state index < -0.39 is 0 Å². The average Bonchev–Trinajstić information content (AvgIpc) is 2.85. The first-order chi connectivity index (χ1) is 8.65. The van der Waals surface area contributed by atoms with Crippen LogP contribution in [0.4, 0.5) is 5.13 Å². The Bertz CT molecular complexity index is 567. The molecule has 2 aromatic heterocycles. The molecule has 96 valence electrons. The minimum absolute atomic E-state index is 0.0651. The van der Waals surface area contributed by atoms with Crippen molar-refractivity contribution in [3.63, 3.8) is 0 Å². The summed E-state index contributed by atoms with van der Waals surface area (Å²) in [5.74, 6) is 0.0651. The maximum absolute atomic E-state index is 11.7. The van der Waals surface area contributed by atoms with E-state index in [1.165, 1.54) is 0 Å². The van der Waals surface area contributed by atoms with Crippen molar-refractivity contribution in [1.29, 1.82) is 0 Å². The lowest BCUT2D eigenvalue weighted by molar-refractivity contribution is -0.123. The fraction of sp³-hybridized carbons (Fsp3) is 0.545. The van der Waals surface area contributed by atoms with E-state index in [2.05, 4.69) is 20.7 Å². The van der Waals surface area contributed by atoms with E-state index in [9.17, 15) is 4.79 Å². The SMILES string of the molecule is Cc1nn(C)c2nc(N[C@@H]3CCCNC3=O)sc12. The van der Waals surface area contributed by atoms with E-state index in [-0.39, 0.29) is 11.9 Å². The monoisotopic (exact) mass is 265 g/mol. The summed E-state index contributed by atoms with van der Waals surface area (Å²) in [7, 11) is 1.88. The highest BCUT2D eigenvalue weighted by Crippen LogP contribution is 2.29. The van der Waals surface area contributed by atoms with Crippen molar-refractivity contribution in [3.05, 3.63) is 5.69 Å². The van der Waals surface area contributed by atoms with E-state index in [1.807, 2.05) is 14.0 Å². The van der Waals surface area contributed by atoms with Gasteiger partial charge in [-0.2, -0.15) is 5.10 Å². The fourth-order valence-corrected chi connectivity index (χ4v) is 3.19. The molecule has 0 radical (unpaired) electrons. The number of aryl methyl sites for hydroxylation is 2. The van der Waals surface area contributed by atoms with Gasteiger partial charge in [0.25, 0.3) is 0 Å².